The van der Waals surface area contributed by atoms with E-state index in [9.17, 15) is 9.59 Å². The topological polar surface area (TPSA) is 65.1 Å². The van der Waals surface area contributed by atoms with Gasteiger partial charge in [0, 0.05) is 11.6 Å². The summed E-state index contributed by atoms with van der Waals surface area (Å²) in [5.74, 6) is -0.0574. The molecule has 0 amide bonds. The fourth-order valence-electron chi connectivity index (χ4n) is 2.87. The van der Waals surface area contributed by atoms with Crippen molar-refractivity contribution in [3.8, 4) is 5.69 Å². The molecule has 26 heavy (non-hydrogen) atoms. The summed E-state index contributed by atoms with van der Waals surface area (Å²) >= 11 is 0. The Balaban J connectivity index is 2.09. The minimum absolute atomic E-state index is 0.0140. The summed E-state index contributed by atoms with van der Waals surface area (Å²) in [4.78, 5) is 25.2. The predicted molar refractivity (Wildman–Crippen MR) is 105 cm³/mol. The van der Waals surface area contributed by atoms with E-state index in [2.05, 4.69) is 20.8 Å². The summed E-state index contributed by atoms with van der Waals surface area (Å²) in [6.07, 6.45) is 0. The zero-order valence-corrected chi connectivity index (χ0v) is 15.2. The van der Waals surface area contributed by atoms with Gasteiger partial charge >= 0.3 is 0 Å². The second-order valence-electron chi connectivity index (χ2n) is 7.30. The highest BCUT2D eigenvalue weighted by Crippen LogP contribution is 2.24. The summed E-state index contributed by atoms with van der Waals surface area (Å²) < 4.78 is 1.38. The van der Waals surface area contributed by atoms with Gasteiger partial charge in [-0.3, -0.25) is 14.2 Å². The number of carbonyl (C=O) groups is 1. The van der Waals surface area contributed by atoms with Gasteiger partial charge in [0.1, 0.15) is 5.82 Å². The van der Waals surface area contributed by atoms with Gasteiger partial charge in [-0.2, -0.15) is 0 Å². The monoisotopic (exact) mass is 346 g/mol. The molecule has 3 aromatic rings. The molecule has 3 rings (SSSR count). The molecule has 4 heteroatoms. The number of ketones is 1. The highest BCUT2D eigenvalue weighted by molar-refractivity contribution is 6.11. The number of nitrogens with zero attached hydrogens (tertiary/aromatic N) is 1. The number of hydrogen-bond donors (Lipinski definition) is 1. The van der Waals surface area contributed by atoms with Crippen molar-refractivity contribution in [2.45, 2.75) is 26.2 Å². The number of pyridine rings is 1. The Morgan fingerprint density at radius 3 is 2.08 bits per heavy atom. The molecule has 132 valence electrons. The third kappa shape index (κ3) is 3.31. The lowest BCUT2D eigenvalue weighted by molar-refractivity contribution is 0.103. The van der Waals surface area contributed by atoms with Gasteiger partial charge in [0.15, 0.2) is 5.78 Å². The number of aromatic nitrogens is 1. The van der Waals surface area contributed by atoms with Crippen LogP contribution in [-0.4, -0.2) is 10.4 Å². The maximum absolute atomic E-state index is 12.8. The van der Waals surface area contributed by atoms with Gasteiger partial charge in [0.05, 0.1) is 11.3 Å². The van der Waals surface area contributed by atoms with Crippen molar-refractivity contribution in [3.63, 3.8) is 0 Å². The molecule has 0 unspecified atom stereocenters. The number of anilines is 1. The standard InChI is InChI=1S/C22H22N2O2/c1-22(2,3)16-9-11-17(12-10-16)24-19(25)14-13-18(21(24)23)20(26)15-7-5-4-6-8-15/h4-14H,23H2,1-3H3. The molecular formula is C22H22N2O2. The highest BCUT2D eigenvalue weighted by Gasteiger charge is 2.18. The lowest BCUT2D eigenvalue weighted by Gasteiger charge is -2.20. The minimum atomic E-state index is -0.268. The van der Waals surface area contributed by atoms with Crippen LogP contribution in [0.5, 0.6) is 0 Å². The number of rotatable bonds is 3. The molecule has 4 nitrogen and oxygen atoms in total. The van der Waals surface area contributed by atoms with Crippen LogP contribution < -0.4 is 11.3 Å². The lowest BCUT2D eigenvalue weighted by Crippen LogP contribution is -2.23. The second-order valence-corrected chi connectivity index (χ2v) is 7.30. The largest absolute Gasteiger partial charge is 0.384 e. The van der Waals surface area contributed by atoms with Gasteiger partial charge < -0.3 is 5.73 Å². The maximum Gasteiger partial charge on any atom is 0.256 e. The van der Waals surface area contributed by atoms with Gasteiger partial charge in [0.2, 0.25) is 0 Å². The minimum Gasteiger partial charge on any atom is -0.384 e. The number of hydrogen-bond acceptors (Lipinski definition) is 3. The highest BCUT2D eigenvalue weighted by atomic mass is 16.1. The van der Waals surface area contributed by atoms with E-state index in [1.165, 1.54) is 16.7 Å². The van der Waals surface area contributed by atoms with E-state index in [1.807, 2.05) is 30.3 Å². The van der Waals surface area contributed by atoms with Crippen LogP contribution in [0.15, 0.2) is 71.5 Å². The van der Waals surface area contributed by atoms with E-state index in [0.717, 1.165) is 5.56 Å². The van der Waals surface area contributed by atoms with Crippen molar-refractivity contribution in [1.29, 1.82) is 0 Å². The van der Waals surface area contributed by atoms with Crippen molar-refractivity contribution < 1.29 is 4.79 Å². The first kappa shape index (κ1) is 17.7. The third-order valence-corrected chi connectivity index (χ3v) is 4.40. The lowest BCUT2D eigenvalue weighted by atomic mass is 9.87. The van der Waals surface area contributed by atoms with Gasteiger partial charge in [-0.25, -0.2) is 0 Å². The summed E-state index contributed by atoms with van der Waals surface area (Å²) in [7, 11) is 0. The Bertz CT molecular complexity index is 995. The van der Waals surface area contributed by atoms with Crippen LogP contribution in [0.3, 0.4) is 0 Å². The average Bonchev–Trinajstić information content (AvgIpc) is 2.62. The van der Waals surface area contributed by atoms with Crippen molar-refractivity contribution >= 4 is 11.6 Å². The Morgan fingerprint density at radius 1 is 0.885 bits per heavy atom. The smallest absolute Gasteiger partial charge is 0.256 e. The van der Waals surface area contributed by atoms with Crippen molar-refractivity contribution in [2.75, 3.05) is 5.73 Å². The Hall–Kier alpha value is -3.14. The molecule has 1 aromatic heterocycles. The van der Waals surface area contributed by atoms with Crippen LogP contribution in [0.4, 0.5) is 5.82 Å². The maximum atomic E-state index is 12.8. The summed E-state index contributed by atoms with van der Waals surface area (Å²) in [6, 6.07) is 19.4. The molecule has 0 spiro atoms. The van der Waals surface area contributed by atoms with Crippen LogP contribution in [0.2, 0.25) is 0 Å². The molecule has 0 atom stereocenters. The van der Waals surface area contributed by atoms with Gasteiger partial charge in [0.25, 0.3) is 5.56 Å². The number of carbonyl (C=O) groups excluding carboxylic acids is 1. The van der Waals surface area contributed by atoms with E-state index in [0.29, 0.717) is 16.8 Å². The number of benzene rings is 2. The quantitative estimate of drug-likeness (QED) is 0.730. The van der Waals surface area contributed by atoms with Crippen molar-refractivity contribution in [3.05, 3.63) is 93.8 Å². The second kappa shape index (κ2) is 6.64. The number of nitrogens with two attached hydrogens (primary N) is 1. The summed E-state index contributed by atoms with van der Waals surface area (Å²) in [6.45, 7) is 6.38. The van der Waals surface area contributed by atoms with E-state index in [1.54, 1.807) is 24.3 Å². The van der Waals surface area contributed by atoms with Gasteiger partial charge in [-0.15, -0.1) is 0 Å². The fourth-order valence-corrected chi connectivity index (χ4v) is 2.87. The molecule has 0 saturated heterocycles. The molecule has 0 aliphatic rings. The zero-order valence-electron chi connectivity index (χ0n) is 15.2. The first-order valence-electron chi connectivity index (χ1n) is 8.51. The SMILES string of the molecule is CC(C)(C)c1ccc(-n2c(N)c(C(=O)c3ccccc3)ccc2=O)cc1. The van der Waals surface area contributed by atoms with Crippen LogP contribution in [0, 0.1) is 0 Å². The molecule has 0 aliphatic heterocycles. The summed E-state index contributed by atoms with van der Waals surface area (Å²) in [5, 5.41) is 0. The number of nitrogen functional groups attached to an aromatic ring is 1. The van der Waals surface area contributed by atoms with Crippen LogP contribution in [0.25, 0.3) is 5.69 Å². The molecule has 0 radical (unpaired) electrons. The van der Waals surface area contributed by atoms with Crippen LogP contribution in [-0.2, 0) is 5.41 Å². The van der Waals surface area contributed by atoms with Crippen LogP contribution in [0.1, 0.15) is 42.3 Å². The van der Waals surface area contributed by atoms with Crippen LogP contribution >= 0.6 is 0 Å². The molecular weight excluding hydrogens is 324 g/mol. The normalized spacial score (nSPS) is 11.3. The van der Waals surface area contributed by atoms with E-state index in [-0.39, 0.29) is 22.6 Å². The first-order chi connectivity index (χ1) is 12.3. The van der Waals surface area contributed by atoms with E-state index >= 15 is 0 Å². The molecule has 0 aliphatic carbocycles. The van der Waals surface area contributed by atoms with E-state index < -0.39 is 0 Å². The Labute approximate surface area is 152 Å². The third-order valence-electron chi connectivity index (χ3n) is 4.40. The molecule has 0 fully saturated rings. The van der Waals surface area contributed by atoms with Gasteiger partial charge in [-0.05, 0) is 29.2 Å². The van der Waals surface area contributed by atoms with Crippen molar-refractivity contribution in [2.24, 2.45) is 0 Å². The van der Waals surface area contributed by atoms with Gasteiger partial charge in [-0.1, -0.05) is 63.2 Å². The Kier molecular flexibility index (Phi) is 4.51. The van der Waals surface area contributed by atoms with E-state index in [4.69, 9.17) is 5.73 Å². The zero-order chi connectivity index (χ0) is 18.9. The molecule has 0 saturated carbocycles. The molecule has 2 N–H and O–H groups in total. The fraction of sp³-hybridized carbons (Fsp3) is 0.182. The molecule has 0 bridgehead atoms. The molecule has 2 aromatic carbocycles. The average molecular weight is 346 g/mol. The Morgan fingerprint density at radius 2 is 1.50 bits per heavy atom. The van der Waals surface area contributed by atoms with Crippen molar-refractivity contribution in [1.82, 2.24) is 4.57 Å². The predicted octanol–water partition coefficient (Wildman–Crippen LogP) is 3.95. The molecule has 1 heterocycles. The first-order valence-corrected chi connectivity index (χ1v) is 8.51. The summed E-state index contributed by atoms with van der Waals surface area (Å²) in [5.41, 5.74) is 8.62.